The van der Waals surface area contributed by atoms with E-state index in [4.69, 9.17) is 17.3 Å². The molecule has 20 heteroatoms. The molecule has 0 saturated heterocycles. The summed E-state index contributed by atoms with van der Waals surface area (Å²) in [5.74, 6) is -55.6. The van der Waals surface area contributed by atoms with Gasteiger partial charge in [0.2, 0.25) is 5.83 Å². The summed E-state index contributed by atoms with van der Waals surface area (Å²) in [4.78, 5) is 0. The number of nitrogens with two attached hydrogens (primary N) is 1. The van der Waals surface area contributed by atoms with Gasteiger partial charge in [-0.2, -0.15) is 74.6 Å². The Morgan fingerprint density at radius 2 is 1.06 bits per heavy atom. The Kier molecular flexibility index (Phi) is 7.58. The van der Waals surface area contributed by atoms with E-state index in [1.165, 1.54) is 0 Å². The second-order valence-corrected chi connectivity index (χ2v) is 6.75. The second kappa shape index (κ2) is 8.65. The molecule has 0 aliphatic heterocycles. The molecule has 0 heterocycles. The van der Waals surface area contributed by atoms with Crippen molar-refractivity contribution in [2.45, 2.75) is 41.7 Å². The van der Waals surface area contributed by atoms with Gasteiger partial charge in [-0.25, -0.2) is 0 Å². The molecule has 0 radical (unpaired) electrons. The molecule has 0 saturated carbocycles. The Hall–Kier alpha value is -2.34. The molecule has 1 rings (SSSR count). The number of anilines is 1. The van der Waals surface area contributed by atoms with Crippen LogP contribution in [0.4, 0.5) is 80.3 Å². The van der Waals surface area contributed by atoms with Gasteiger partial charge in [0.25, 0.3) is 0 Å². The molecule has 1 aromatic rings. The highest BCUT2D eigenvalue weighted by Gasteiger charge is 2.93. The molecule has 0 spiro atoms. The zero-order valence-corrected chi connectivity index (χ0v) is 16.3. The summed E-state index contributed by atoms with van der Waals surface area (Å²) < 4.78 is 227. The normalized spacial score (nSPS) is 15.7. The van der Waals surface area contributed by atoms with Gasteiger partial charge in [-0.15, -0.1) is 0 Å². The highest BCUT2D eigenvalue weighted by molar-refractivity contribution is 6.30. The molecule has 0 amide bonds. The fourth-order valence-electron chi connectivity index (χ4n) is 1.98. The lowest BCUT2D eigenvalue weighted by Gasteiger charge is -2.41. The Morgan fingerprint density at radius 3 is 1.46 bits per heavy atom. The highest BCUT2D eigenvalue weighted by Crippen LogP contribution is 2.63. The lowest BCUT2D eigenvalue weighted by Crippen LogP contribution is -2.72. The number of allylic oxidation sites excluding steroid dienone is 1. The van der Waals surface area contributed by atoms with Crippen LogP contribution >= 0.6 is 11.6 Å². The minimum absolute atomic E-state index is 0.268. The van der Waals surface area contributed by atoms with E-state index in [0.29, 0.717) is 12.1 Å². The number of hydrogen-bond donors (Lipinski definition) is 1. The van der Waals surface area contributed by atoms with E-state index in [1.807, 2.05) is 0 Å². The molecule has 0 bridgehead atoms. The number of benzene rings is 1. The molecule has 0 aromatic heterocycles. The lowest BCUT2D eigenvalue weighted by atomic mass is 9.91. The maximum Gasteiger partial charge on any atom is 0.460 e. The molecule has 0 unspecified atom stereocenters. The van der Waals surface area contributed by atoms with Crippen LogP contribution in [-0.4, -0.2) is 41.7 Å². The molecule has 2 N–H and O–H groups in total. The quantitative estimate of drug-likeness (QED) is 0.196. The van der Waals surface area contributed by atoms with E-state index in [2.05, 4.69) is 4.74 Å². The summed E-state index contributed by atoms with van der Waals surface area (Å²) in [6, 6.07) is -1.78. The van der Waals surface area contributed by atoms with Gasteiger partial charge in [0, 0.05) is 5.02 Å². The minimum atomic E-state index is -8.65. The summed E-state index contributed by atoms with van der Waals surface area (Å²) in [5.41, 5.74) is 4.25. The number of alkyl halides is 15. The molecule has 0 aliphatic rings. The van der Waals surface area contributed by atoms with Crippen LogP contribution in [0.5, 0.6) is 5.75 Å². The van der Waals surface area contributed by atoms with Gasteiger partial charge >= 0.3 is 47.7 Å². The van der Waals surface area contributed by atoms with Crippen molar-refractivity contribution in [1.82, 2.24) is 0 Å². The fraction of sp³-hybridized carbons (Fsp3) is 0.467. The summed E-state index contributed by atoms with van der Waals surface area (Å²) in [5, 5.41) is -0.268. The molecule has 0 atom stereocenters. The highest BCUT2D eigenvalue weighted by atomic mass is 35.5. The van der Waals surface area contributed by atoms with Crippen LogP contribution < -0.4 is 10.5 Å². The first-order valence-corrected chi connectivity index (χ1v) is 8.21. The third kappa shape index (κ3) is 4.50. The molecule has 1 aromatic carbocycles. The van der Waals surface area contributed by atoms with E-state index in [0.717, 1.165) is 6.07 Å². The number of rotatable bonds is 8. The van der Waals surface area contributed by atoms with Crippen LogP contribution in [0.2, 0.25) is 5.02 Å². The van der Waals surface area contributed by atoms with Crippen LogP contribution in [0.1, 0.15) is 0 Å². The van der Waals surface area contributed by atoms with Crippen molar-refractivity contribution in [3.63, 3.8) is 0 Å². The maximum atomic E-state index is 13.6. The van der Waals surface area contributed by atoms with Gasteiger partial charge in [-0.3, -0.25) is 0 Å². The average Bonchev–Trinajstić information content (AvgIpc) is 2.67. The van der Waals surface area contributed by atoms with Gasteiger partial charge in [0.15, 0.2) is 5.75 Å². The zero-order valence-electron chi connectivity index (χ0n) is 15.5. The van der Waals surface area contributed by atoms with E-state index in [1.54, 1.807) is 0 Å². The standard InChI is InChI=1S/C15H5ClF17NO/c16-4-1-2-6(5(34)3-4)35-8(18)7(17)9(19,20)10(21,22)11(23,24)12(25,26)13(27,28)14(29,30)15(31,32)33/h1-3H,34H2. The van der Waals surface area contributed by atoms with Crippen LogP contribution in [0.25, 0.3) is 0 Å². The van der Waals surface area contributed by atoms with Crippen LogP contribution in [0, 0.1) is 0 Å². The average molecular weight is 574 g/mol. The summed E-state index contributed by atoms with van der Waals surface area (Å²) in [6.45, 7) is 0. The molecular formula is C15H5ClF17NO. The van der Waals surface area contributed by atoms with Gasteiger partial charge < -0.3 is 10.5 Å². The van der Waals surface area contributed by atoms with Crippen LogP contribution in [0.3, 0.4) is 0 Å². The number of halogens is 18. The van der Waals surface area contributed by atoms with Gasteiger partial charge in [-0.1, -0.05) is 11.6 Å². The van der Waals surface area contributed by atoms with Crippen molar-refractivity contribution in [2.24, 2.45) is 0 Å². The van der Waals surface area contributed by atoms with E-state index >= 15 is 0 Å². The summed E-state index contributed by atoms with van der Waals surface area (Å²) in [7, 11) is 0. The molecule has 0 aliphatic carbocycles. The summed E-state index contributed by atoms with van der Waals surface area (Å²) >= 11 is 5.36. The molecule has 202 valence electrons. The van der Waals surface area contributed by atoms with Crippen molar-refractivity contribution in [2.75, 3.05) is 5.73 Å². The third-order valence-corrected chi connectivity index (χ3v) is 4.18. The van der Waals surface area contributed by atoms with Crippen LogP contribution in [-0.2, 0) is 0 Å². The number of ether oxygens (including phenoxy) is 1. The number of hydrogen-bond acceptors (Lipinski definition) is 2. The smallest absolute Gasteiger partial charge is 0.427 e. The van der Waals surface area contributed by atoms with E-state index < -0.39 is 65.0 Å². The predicted octanol–water partition coefficient (Wildman–Crippen LogP) is 7.78. The van der Waals surface area contributed by atoms with Crippen molar-refractivity contribution < 1.29 is 79.4 Å². The first kappa shape index (κ1) is 30.7. The lowest BCUT2D eigenvalue weighted by molar-refractivity contribution is -0.451. The Morgan fingerprint density at radius 1 is 0.657 bits per heavy atom. The van der Waals surface area contributed by atoms with Crippen molar-refractivity contribution >= 4 is 17.3 Å². The predicted molar refractivity (Wildman–Crippen MR) is 81.5 cm³/mol. The Balaban J connectivity index is 3.61. The zero-order chi connectivity index (χ0) is 28.2. The van der Waals surface area contributed by atoms with E-state index in [9.17, 15) is 74.6 Å². The molecular weight excluding hydrogens is 569 g/mol. The first-order valence-electron chi connectivity index (χ1n) is 7.84. The fourth-order valence-corrected chi connectivity index (χ4v) is 2.16. The summed E-state index contributed by atoms with van der Waals surface area (Å²) in [6.07, 6.45) is -7.79. The maximum absolute atomic E-state index is 13.6. The molecule has 0 fully saturated rings. The van der Waals surface area contributed by atoms with Gasteiger partial charge in [0.05, 0.1) is 5.69 Å². The molecule has 2 nitrogen and oxygen atoms in total. The molecule has 35 heavy (non-hydrogen) atoms. The second-order valence-electron chi connectivity index (χ2n) is 6.32. The topological polar surface area (TPSA) is 35.2 Å². The van der Waals surface area contributed by atoms with Crippen molar-refractivity contribution in [3.8, 4) is 5.75 Å². The van der Waals surface area contributed by atoms with E-state index in [-0.39, 0.29) is 5.02 Å². The first-order chi connectivity index (χ1) is 15.2. The monoisotopic (exact) mass is 573 g/mol. The largest absolute Gasteiger partial charge is 0.460 e. The van der Waals surface area contributed by atoms with Gasteiger partial charge in [0.1, 0.15) is 0 Å². The minimum Gasteiger partial charge on any atom is -0.427 e. The van der Waals surface area contributed by atoms with Crippen LogP contribution in [0.15, 0.2) is 30.0 Å². The SMILES string of the molecule is Nc1cc(Cl)ccc1OC(F)=C(F)C(F)(F)C(F)(F)C(F)(F)C(F)(F)C(F)(F)C(F)(F)C(F)(F)F. The van der Waals surface area contributed by atoms with Crippen molar-refractivity contribution in [3.05, 3.63) is 35.1 Å². The van der Waals surface area contributed by atoms with Gasteiger partial charge in [-0.05, 0) is 18.2 Å². The third-order valence-electron chi connectivity index (χ3n) is 3.95. The Labute approximate surface area is 186 Å². The number of nitrogen functional groups attached to an aromatic ring is 1. The van der Waals surface area contributed by atoms with Crippen molar-refractivity contribution in [1.29, 1.82) is 0 Å². The Bertz CT molecular complexity index is 984.